The third kappa shape index (κ3) is 2.35. The van der Waals surface area contributed by atoms with E-state index in [9.17, 15) is 8.42 Å². The van der Waals surface area contributed by atoms with Gasteiger partial charge in [-0.25, -0.2) is 8.42 Å². The van der Waals surface area contributed by atoms with Gasteiger partial charge in [0.2, 0.25) is 0 Å². The standard InChI is InChI=1S/C11H16O2S/c1-3-7-10(2)14(12,13)11-8-5-4-6-9-11/h4-6,8-10H,3,7H2,1-2H3. The van der Waals surface area contributed by atoms with Crippen LogP contribution in [0.2, 0.25) is 0 Å². The zero-order chi connectivity index (χ0) is 10.6. The van der Waals surface area contributed by atoms with Gasteiger partial charge in [-0.15, -0.1) is 0 Å². The second kappa shape index (κ2) is 4.60. The van der Waals surface area contributed by atoms with Crippen molar-refractivity contribution in [1.82, 2.24) is 0 Å². The summed E-state index contributed by atoms with van der Waals surface area (Å²) in [6, 6.07) is 8.64. The van der Waals surface area contributed by atoms with Crippen LogP contribution in [0.5, 0.6) is 0 Å². The highest BCUT2D eigenvalue weighted by Crippen LogP contribution is 2.18. The average molecular weight is 212 g/mol. The summed E-state index contributed by atoms with van der Waals surface area (Å²) < 4.78 is 23.8. The quantitative estimate of drug-likeness (QED) is 0.769. The zero-order valence-electron chi connectivity index (χ0n) is 8.60. The van der Waals surface area contributed by atoms with Gasteiger partial charge in [0, 0.05) is 0 Å². The van der Waals surface area contributed by atoms with Crippen LogP contribution in [0.4, 0.5) is 0 Å². The molecule has 2 nitrogen and oxygen atoms in total. The summed E-state index contributed by atoms with van der Waals surface area (Å²) in [4.78, 5) is 0.431. The molecule has 0 aliphatic heterocycles. The van der Waals surface area contributed by atoms with E-state index >= 15 is 0 Å². The summed E-state index contributed by atoms with van der Waals surface area (Å²) in [6.07, 6.45) is 1.62. The molecule has 0 amide bonds. The maximum absolute atomic E-state index is 11.9. The Bertz CT molecular complexity index is 368. The van der Waals surface area contributed by atoms with Crippen molar-refractivity contribution in [3.63, 3.8) is 0 Å². The Balaban J connectivity index is 2.97. The molecule has 1 aromatic carbocycles. The molecule has 3 heteroatoms. The molecule has 0 fully saturated rings. The lowest BCUT2D eigenvalue weighted by atomic mass is 10.3. The maximum atomic E-state index is 11.9. The Labute approximate surface area is 85.9 Å². The van der Waals surface area contributed by atoms with E-state index in [0.29, 0.717) is 4.90 Å². The second-order valence-corrected chi connectivity index (χ2v) is 5.82. The lowest BCUT2D eigenvalue weighted by Gasteiger charge is -2.11. The van der Waals surface area contributed by atoms with E-state index in [2.05, 4.69) is 0 Å². The molecule has 0 aromatic heterocycles. The van der Waals surface area contributed by atoms with E-state index in [0.717, 1.165) is 12.8 Å². The van der Waals surface area contributed by atoms with Gasteiger partial charge in [-0.05, 0) is 25.5 Å². The van der Waals surface area contributed by atoms with Gasteiger partial charge in [0.25, 0.3) is 0 Å². The van der Waals surface area contributed by atoms with Crippen LogP contribution in [-0.2, 0) is 9.84 Å². The molecule has 0 heterocycles. The predicted molar refractivity (Wildman–Crippen MR) is 58.0 cm³/mol. The molecule has 0 aliphatic carbocycles. The normalized spacial score (nSPS) is 13.9. The fourth-order valence-electron chi connectivity index (χ4n) is 1.40. The van der Waals surface area contributed by atoms with Crippen LogP contribution in [0, 0.1) is 0 Å². The topological polar surface area (TPSA) is 34.1 Å². The molecule has 1 aromatic rings. The Kier molecular flexibility index (Phi) is 3.69. The summed E-state index contributed by atoms with van der Waals surface area (Å²) in [5.74, 6) is 0. The molecule has 0 N–H and O–H groups in total. The van der Waals surface area contributed by atoms with Crippen molar-refractivity contribution in [1.29, 1.82) is 0 Å². The molecular formula is C11H16O2S. The first-order chi connectivity index (χ1) is 6.59. The molecule has 1 atom stereocenters. The van der Waals surface area contributed by atoms with Gasteiger partial charge < -0.3 is 0 Å². The lowest BCUT2D eigenvalue weighted by molar-refractivity contribution is 0.576. The number of hydrogen-bond donors (Lipinski definition) is 0. The van der Waals surface area contributed by atoms with Crippen molar-refractivity contribution in [2.75, 3.05) is 0 Å². The summed E-state index contributed by atoms with van der Waals surface area (Å²) in [5.41, 5.74) is 0. The third-order valence-electron chi connectivity index (χ3n) is 2.30. The van der Waals surface area contributed by atoms with Gasteiger partial charge >= 0.3 is 0 Å². The van der Waals surface area contributed by atoms with Gasteiger partial charge in [-0.3, -0.25) is 0 Å². The van der Waals surface area contributed by atoms with Crippen molar-refractivity contribution in [3.8, 4) is 0 Å². The minimum atomic E-state index is -3.10. The van der Waals surface area contributed by atoms with Gasteiger partial charge in [0.15, 0.2) is 9.84 Å². The first-order valence-corrected chi connectivity index (χ1v) is 6.42. The summed E-state index contributed by atoms with van der Waals surface area (Å²) in [6.45, 7) is 3.77. The Morgan fingerprint density at radius 2 is 1.79 bits per heavy atom. The van der Waals surface area contributed by atoms with Crippen LogP contribution in [0.15, 0.2) is 35.2 Å². The smallest absolute Gasteiger partial charge is 0.180 e. The largest absolute Gasteiger partial charge is 0.223 e. The fourth-order valence-corrected chi connectivity index (χ4v) is 2.95. The predicted octanol–water partition coefficient (Wildman–Crippen LogP) is 2.65. The Hall–Kier alpha value is -0.830. The molecule has 0 aliphatic rings. The Morgan fingerprint density at radius 1 is 1.21 bits per heavy atom. The van der Waals surface area contributed by atoms with Crippen LogP contribution in [0.25, 0.3) is 0 Å². The average Bonchev–Trinajstić information content (AvgIpc) is 2.19. The van der Waals surface area contributed by atoms with Gasteiger partial charge in [0.05, 0.1) is 10.1 Å². The molecule has 0 bridgehead atoms. The van der Waals surface area contributed by atoms with Gasteiger partial charge in [0.1, 0.15) is 0 Å². The van der Waals surface area contributed by atoms with E-state index in [4.69, 9.17) is 0 Å². The van der Waals surface area contributed by atoms with E-state index in [1.807, 2.05) is 13.0 Å². The third-order valence-corrected chi connectivity index (χ3v) is 4.52. The van der Waals surface area contributed by atoms with Crippen molar-refractivity contribution >= 4 is 9.84 Å². The van der Waals surface area contributed by atoms with E-state index in [1.165, 1.54) is 0 Å². The van der Waals surface area contributed by atoms with E-state index < -0.39 is 9.84 Å². The molecule has 0 radical (unpaired) electrons. The highest BCUT2D eigenvalue weighted by Gasteiger charge is 2.21. The summed E-state index contributed by atoms with van der Waals surface area (Å²) >= 11 is 0. The minimum absolute atomic E-state index is 0.283. The van der Waals surface area contributed by atoms with Crippen molar-refractivity contribution < 1.29 is 8.42 Å². The molecule has 0 saturated carbocycles. The van der Waals surface area contributed by atoms with Crippen LogP contribution < -0.4 is 0 Å². The molecular weight excluding hydrogens is 196 g/mol. The number of hydrogen-bond acceptors (Lipinski definition) is 2. The molecule has 0 saturated heterocycles. The highest BCUT2D eigenvalue weighted by atomic mass is 32.2. The zero-order valence-corrected chi connectivity index (χ0v) is 9.42. The number of benzene rings is 1. The molecule has 0 spiro atoms. The summed E-state index contributed by atoms with van der Waals surface area (Å²) in [5, 5.41) is -0.283. The van der Waals surface area contributed by atoms with Crippen LogP contribution in [0.1, 0.15) is 26.7 Å². The van der Waals surface area contributed by atoms with Crippen LogP contribution >= 0.6 is 0 Å². The highest BCUT2D eigenvalue weighted by molar-refractivity contribution is 7.92. The van der Waals surface area contributed by atoms with E-state index in [1.54, 1.807) is 31.2 Å². The number of rotatable bonds is 4. The van der Waals surface area contributed by atoms with Crippen LogP contribution in [0.3, 0.4) is 0 Å². The van der Waals surface area contributed by atoms with Crippen molar-refractivity contribution in [2.24, 2.45) is 0 Å². The summed E-state index contributed by atoms with van der Waals surface area (Å²) in [7, 11) is -3.10. The maximum Gasteiger partial charge on any atom is 0.180 e. The van der Waals surface area contributed by atoms with E-state index in [-0.39, 0.29) is 5.25 Å². The molecule has 1 unspecified atom stereocenters. The second-order valence-electron chi connectivity index (χ2n) is 3.46. The lowest BCUT2D eigenvalue weighted by Crippen LogP contribution is -2.17. The monoisotopic (exact) mass is 212 g/mol. The van der Waals surface area contributed by atoms with Gasteiger partial charge in [-0.1, -0.05) is 31.5 Å². The molecule has 1 rings (SSSR count). The van der Waals surface area contributed by atoms with Crippen molar-refractivity contribution in [3.05, 3.63) is 30.3 Å². The van der Waals surface area contributed by atoms with Crippen molar-refractivity contribution in [2.45, 2.75) is 36.8 Å². The fraction of sp³-hybridized carbons (Fsp3) is 0.455. The van der Waals surface area contributed by atoms with Gasteiger partial charge in [-0.2, -0.15) is 0 Å². The number of sulfone groups is 1. The first kappa shape index (κ1) is 11.2. The molecule has 78 valence electrons. The first-order valence-electron chi connectivity index (χ1n) is 4.88. The minimum Gasteiger partial charge on any atom is -0.223 e. The Morgan fingerprint density at radius 3 is 2.29 bits per heavy atom. The SMILES string of the molecule is CCCC(C)S(=O)(=O)c1ccccc1. The molecule has 14 heavy (non-hydrogen) atoms. The van der Waals surface area contributed by atoms with Crippen LogP contribution in [-0.4, -0.2) is 13.7 Å².